The van der Waals surface area contributed by atoms with Crippen molar-refractivity contribution in [2.75, 3.05) is 0 Å². The predicted molar refractivity (Wildman–Crippen MR) is 65.8 cm³/mol. The SMILES string of the molecule is CCC(SP(O)(O)=S)c1ccccc1. The molecule has 0 heterocycles. The standard InChI is InChI=1S/C9H13O2PS2/c1-2-9(14-12(10,11)13)8-6-4-3-5-7-8/h3-7,9H,2H2,1H3,(H2,10,11,13). The summed E-state index contributed by atoms with van der Waals surface area (Å²) in [5.41, 5.74) is -2.06. The van der Waals surface area contributed by atoms with Crippen LogP contribution in [0.1, 0.15) is 24.2 Å². The zero-order valence-electron chi connectivity index (χ0n) is 7.83. The Balaban J connectivity index is 2.78. The second-order valence-electron chi connectivity index (χ2n) is 2.90. The molecule has 0 amide bonds. The van der Waals surface area contributed by atoms with Crippen molar-refractivity contribution < 1.29 is 9.79 Å². The Hall–Kier alpha value is 0.140. The van der Waals surface area contributed by atoms with Crippen LogP contribution >= 0.6 is 17.1 Å². The molecule has 0 fully saturated rings. The van der Waals surface area contributed by atoms with Gasteiger partial charge in [0.2, 0.25) is 5.69 Å². The fraction of sp³-hybridized carbons (Fsp3) is 0.333. The van der Waals surface area contributed by atoms with Gasteiger partial charge in [-0.3, -0.25) is 0 Å². The molecule has 0 aliphatic rings. The molecule has 1 atom stereocenters. The molecule has 0 aliphatic carbocycles. The molecule has 1 unspecified atom stereocenters. The highest BCUT2D eigenvalue weighted by atomic mass is 32.9. The smallest absolute Gasteiger partial charge is 0.242 e. The second kappa shape index (κ2) is 5.29. The third kappa shape index (κ3) is 4.11. The molecule has 78 valence electrons. The molecule has 5 heteroatoms. The van der Waals surface area contributed by atoms with Gasteiger partial charge in [0.05, 0.1) is 0 Å². The Labute approximate surface area is 93.3 Å². The van der Waals surface area contributed by atoms with E-state index in [1.165, 1.54) is 0 Å². The van der Waals surface area contributed by atoms with Gasteiger partial charge >= 0.3 is 0 Å². The highest BCUT2D eigenvalue weighted by Gasteiger charge is 2.18. The minimum Gasteiger partial charge on any atom is -0.338 e. The van der Waals surface area contributed by atoms with E-state index >= 15 is 0 Å². The van der Waals surface area contributed by atoms with E-state index in [0.717, 1.165) is 23.4 Å². The molecule has 14 heavy (non-hydrogen) atoms. The van der Waals surface area contributed by atoms with E-state index < -0.39 is 5.69 Å². The summed E-state index contributed by atoms with van der Waals surface area (Å²) in [6.45, 7) is 2.01. The minimum absolute atomic E-state index is 0.0806. The average Bonchev–Trinajstić information content (AvgIpc) is 2.14. The van der Waals surface area contributed by atoms with Crippen molar-refractivity contribution >= 4 is 28.9 Å². The maximum atomic E-state index is 9.22. The van der Waals surface area contributed by atoms with Gasteiger partial charge < -0.3 is 9.79 Å². The molecule has 2 N–H and O–H groups in total. The van der Waals surface area contributed by atoms with Gasteiger partial charge in [0.15, 0.2) is 0 Å². The number of benzene rings is 1. The number of hydrogen-bond donors (Lipinski definition) is 2. The predicted octanol–water partition coefficient (Wildman–Crippen LogP) is 3.08. The first-order valence-electron chi connectivity index (χ1n) is 4.32. The van der Waals surface area contributed by atoms with Crippen LogP contribution in [-0.4, -0.2) is 9.79 Å². The van der Waals surface area contributed by atoms with Crippen molar-refractivity contribution in [1.82, 2.24) is 0 Å². The maximum Gasteiger partial charge on any atom is 0.242 e. The molecule has 0 aliphatic heterocycles. The van der Waals surface area contributed by atoms with Crippen LogP contribution in [0.4, 0.5) is 0 Å². The zero-order chi connectivity index (χ0) is 10.6. The van der Waals surface area contributed by atoms with Gasteiger partial charge in [-0.15, -0.1) is 0 Å². The van der Waals surface area contributed by atoms with Crippen molar-refractivity contribution in [3.8, 4) is 0 Å². The molecule has 0 bridgehead atoms. The molecule has 0 radical (unpaired) electrons. The molecule has 1 aromatic carbocycles. The molecule has 0 saturated carbocycles. The summed E-state index contributed by atoms with van der Waals surface area (Å²) >= 11 is 5.70. The van der Waals surface area contributed by atoms with E-state index in [2.05, 4.69) is 11.8 Å². The van der Waals surface area contributed by atoms with Crippen LogP contribution in [0.2, 0.25) is 0 Å². The van der Waals surface area contributed by atoms with Crippen molar-refractivity contribution in [1.29, 1.82) is 0 Å². The van der Waals surface area contributed by atoms with E-state index in [1.54, 1.807) is 0 Å². The minimum atomic E-state index is -3.15. The first-order chi connectivity index (χ1) is 6.53. The summed E-state index contributed by atoms with van der Waals surface area (Å²) in [6.07, 6.45) is 0.841. The van der Waals surface area contributed by atoms with Gasteiger partial charge in [0, 0.05) is 5.25 Å². The summed E-state index contributed by atoms with van der Waals surface area (Å²) in [5.74, 6) is 0. The van der Waals surface area contributed by atoms with Crippen molar-refractivity contribution in [2.45, 2.75) is 18.6 Å². The van der Waals surface area contributed by atoms with Crippen LogP contribution in [-0.2, 0) is 11.8 Å². The van der Waals surface area contributed by atoms with E-state index in [0.29, 0.717) is 0 Å². The first-order valence-corrected chi connectivity index (χ1v) is 8.51. The summed E-state index contributed by atoms with van der Waals surface area (Å²) in [7, 11) is 0. The third-order valence-electron chi connectivity index (χ3n) is 1.81. The monoisotopic (exact) mass is 248 g/mol. The molecule has 0 aromatic heterocycles. The third-order valence-corrected chi connectivity index (χ3v) is 5.30. The molecule has 2 nitrogen and oxygen atoms in total. The molecular weight excluding hydrogens is 235 g/mol. The average molecular weight is 248 g/mol. The summed E-state index contributed by atoms with van der Waals surface area (Å²) in [6, 6.07) is 9.78. The van der Waals surface area contributed by atoms with Gasteiger partial charge in [0.25, 0.3) is 0 Å². The number of rotatable bonds is 4. The Morgan fingerprint density at radius 2 is 1.93 bits per heavy atom. The maximum absolute atomic E-state index is 9.22. The lowest BCUT2D eigenvalue weighted by Gasteiger charge is -2.17. The Morgan fingerprint density at radius 1 is 1.36 bits per heavy atom. The van der Waals surface area contributed by atoms with E-state index in [4.69, 9.17) is 0 Å². The molecule has 1 aromatic rings. The molecule has 0 saturated heterocycles. The van der Waals surface area contributed by atoms with Crippen molar-refractivity contribution in [3.63, 3.8) is 0 Å². The zero-order valence-corrected chi connectivity index (χ0v) is 10.4. The molecular formula is C9H13O2PS2. The lowest BCUT2D eigenvalue weighted by molar-refractivity contribution is 0.501. The quantitative estimate of drug-likeness (QED) is 0.803. The Morgan fingerprint density at radius 3 is 2.36 bits per heavy atom. The van der Waals surface area contributed by atoms with Crippen LogP contribution < -0.4 is 0 Å². The summed E-state index contributed by atoms with van der Waals surface area (Å²) in [4.78, 5) is 18.4. The lowest BCUT2D eigenvalue weighted by Crippen LogP contribution is -1.91. The normalized spacial score (nSPS) is 13.9. The van der Waals surface area contributed by atoms with E-state index in [9.17, 15) is 9.79 Å². The van der Waals surface area contributed by atoms with Gasteiger partial charge in [0.1, 0.15) is 0 Å². The second-order valence-corrected chi connectivity index (χ2v) is 9.05. The van der Waals surface area contributed by atoms with Crippen LogP contribution in [0.25, 0.3) is 0 Å². The largest absolute Gasteiger partial charge is 0.338 e. The summed E-state index contributed by atoms with van der Waals surface area (Å²) in [5, 5.41) is 0.0806. The van der Waals surface area contributed by atoms with Crippen molar-refractivity contribution in [2.24, 2.45) is 0 Å². The molecule has 1 rings (SSSR count). The first kappa shape index (κ1) is 12.2. The Kier molecular flexibility index (Phi) is 4.61. The lowest BCUT2D eigenvalue weighted by atomic mass is 10.1. The van der Waals surface area contributed by atoms with Crippen LogP contribution in [0, 0.1) is 0 Å². The number of hydrogen-bond acceptors (Lipinski definition) is 2. The fourth-order valence-corrected chi connectivity index (χ4v) is 4.71. The van der Waals surface area contributed by atoms with E-state index in [-0.39, 0.29) is 5.25 Å². The topological polar surface area (TPSA) is 40.5 Å². The van der Waals surface area contributed by atoms with Crippen molar-refractivity contribution in [3.05, 3.63) is 35.9 Å². The van der Waals surface area contributed by atoms with Crippen LogP contribution in [0.15, 0.2) is 30.3 Å². The van der Waals surface area contributed by atoms with Gasteiger partial charge in [-0.1, -0.05) is 48.6 Å². The van der Waals surface area contributed by atoms with Crippen LogP contribution in [0.3, 0.4) is 0 Å². The van der Waals surface area contributed by atoms with Crippen LogP contribution in [0.5, 0.6) is 0 Å². The van der Waals surface area contributed by atoms with Gasteiger partial charge in [-0.05, 0) is 23.8 Å². The van der Waals surface area contributed by atoms with Gasteiger partial charge in [-0.25, -0.2) is 0 Å². The Bertz CT molecular complexity index is 323. The molecule has 0 spiro atoms. The van der Waals surface area contributed by atoms with Gasteiger partial charge in [-0.2, -0.15) is 0 Å². The summed E-state index contributed by atoms with van der Waals surface area (Å²) < 4.78 is 0. The van der Waals surface area contributed by atoms with E-state index in [1.807, 2.05) is 37.3 Å². The fourth-order valence-electron chi connectivity index (χ4n) is 1.20. The highest BCUT2D eigenvalue weighted by Crippen LogP contribution is 2.58. The highest BCUT2D eigenvalue weighted by molar-refractivity contribution is 8.67.